The van der Waals surface area contributed by atoms with E-state index < -0.39 is 10.3 Å². The zero-order valence-corrected chi connectivity index (χ0v) is 9.48. The summed E-state index contributed by atoms with van der Waals surface area (Å²) in [6.07, 6.45) is 3.69. The maximum atomic E-state index is 10.7. The highest BCUT2D eigenvalue weighted by molar-refractivity contribution is 7.84. The Morgan fingerprint density at radius 2 is 2.00 bits per heavy atom. The molecule has 0 radical (unpaired) electrons. The zero-order valence-electron chi connectivity index (χ0n) is 8.67. The molecule has 0 aromatic carbocycles. The van der Waals surface area contributed by atoms with Crippen molar-refractivity contribution < 1.29 is 12.6 Å². The second kappa shape index (κ2) is 4.26. The molecular formula is C9H13N3O3S. The summed E-state index contributed by atoms with van der Waals surface area (Å²) in [5.74, 6) is 0.963. The van der Waals surface area contributed by atoms with Gasteiger partial charge in [-0.15, -0.1) is 0 Å². The van der Waals surface area contributed by atoms with Crippen LogP contribution in [0.5, 0.6) is 5.75 Å². The van der Waals surface area contributed by atoms with Crippen LogP contribution in [0, 0.1) is 0 Å². The number of nitrogens with zero attached hydrogens (tertiary/aromatic N) is 2. The SMILES string of the molecule is NS(=O)(=O)Oc1ccc(N2CCCC2)nc1. The van der Waals surface area contributed by atoms with Gasteiger partial charge in [0.05, 0.1) is 6.20 Å². The van der Waals surface area contributed by atoms with Crippen molar-refractivity contribution in [1.82, 2.24) is 4.98 Å². The second-order valence-corrected chi connectivity index (χ2v) is 4.77. The Morgan fingerprint density at radius 3 is 2.50 bits per heavy atom. The summed E-state index contributed by atoms with van der Waals surface area (Å²) in [6.45, 7) is 1.98. The van der Waals surface area contributed by atoms with Gasteiger partial charge in [-0.2, -0.15) is 13.6 Å². The standard InChI is InChI=1S/C9H13N3O3S/c10-16(13,14)15-8-3-4-9(11-7-8)12-5-1-2-6-12/h3-4,7H,1-2,5-6H2,(H2,10,13,14). The quantitative estimate of drug-likeness (QED) is 0.823. The van der Waals surface area contributed by atoms with Crippen molar-refractivity contribution in [3.63, 3.8) is 0 Å². The molecule has 0 bridgehead atoms. The normalized spacial score (nSPS) is 16.4. The van der Waals surface area contributed by atoms with Crippen molar-refractivity contribution in [1.29, 1.82) is 0 Å². The third kappa shape index (κ3) is 2.83. The molecule has 0 saturated carbocycles. The smallest absolute Gasteiger partial charge is 0.369 e. The molecule has 1 saturated heterocycles. The lowest BCUT2D eigenvalue weighted by atomic mass is 10.4. The number of hydrogen-bond acceptors (Lipinski definition) is 5. The van der Waals surface area contributed by atoms with E-state index in [-0.39, 0.29) is 5.75 Å². The predicted octanol–water partition coefficient (Wildman–Crippen LogP) is 0.264. The molecule has 6 nitrogen and oxygen atoms in total. The van der Waals surface area contributed by atoms with E-state index in [4.69, 9.17) is 5.14 Å². The highest BCUT2D eigenvalue weighted by Crippen LogP contribution is 2.20. The van der Waals surface area contributed by atoms with Crippen molar-refractivity contribution in [2.75, 3.05) is 18.0 Å². The van der Waals surface area contributed by atoms with Gasteiger partial charge in [0.15, 0.2) is 5.75 Å². The molecule has 1 aromatic rings. The van der Waals surface area contributed by atoms with E-state index in [0.717, 1.165) is 31.7 Å². The van der Waals surface area contributed by atoms with Gasteiger partial charge in [0.1, 0.15) is 5.82 Å². The minimum absolute atomic E-state index is 0.130. The molecule has 2 rings (SSSR count). The van der Waals surface area contributed by atoms with Gasteiger partial charge in [0.2, 0.25) is 0 Å². The third-order valence-corrected chi connectivity index (χ3v) is 2.79. The van der Waals surface area contributed by atoms with E-state index in [1.165, 1.54) is 6.20 Å². The molecule has 0 unspecified atom stereocenters. The molecule has 16 heavy (non-hydrogen) atoms. The van der Waals surface area contributed by atoms with E-state index in [9.17, 15) is 8.42 Å². The average molecular weight is 243 g/mol. The number of rotatable bonds is 3. The molecule has 0 amide bonds. The van der Waals surface area contributed by atoms with Gasteiger partial charge in [-0.3, -0.25) is 0 Å². The van der Waals surface area contributed by atoms with E-state index in [1.807, 2.05) is 0 Å². The van der Waals surface area contributed by atoms with E-state index >= 15 is 0 Å². The molecular weight excluding hydrogens is 230 g/mol. The van der Waals surface area contributed by atoms with Crippen LogP contribution in [-0.4, -0.2) is 26.5 Å². The predicted molar refractivity (Wildman–Crippen MR) is 59.4 cm³/mol. The number of aromatic nitrogens is 1. The summed E-state index contributed by atoms with van der Waals surface area (Å²) in [7, 11) is -3.96. The van der Waals surface area contributed by atoms with Gasteiger partial charge >= 0.3 is 10.3 Å². The number of pyridine rings is 1. The molecule has 1 fully saturated rings. The lowest BCUT2D eigenvalue weighted by Crippen LogP contribution is -2.20. The molecule has 0 spiro atoms. The van der Waals surface area contributed by atoms with Crippen LogP contribution >= 0.6 is 0 Å². The van der Waals surface area contributed by atoms with E-state index in [1.54, 1.807) is 12.1 Å². The van der Waals surface area contributed by atoms with Crippen LogP contribution in [0.4, 0.5) is 5.82 Å². The van der Waals surface area contributed by atoms with Crippen LogP contribution in [-0.2, 0) is 10.3 Å². The van der Waals surface area contributed by atoms with Crippen molar-refractivity contribution in [3.05, 3.63) is 18.3 Å². The van der Waals surface area contributed by atoms with Crippen molar-refractivity contribution in [2.45, 2.75) is 12.8 Å². The molecule has 2 N–H and O–H groups in total. The Labute approximate surface area is 94.3 Å². The minimum atomic E-state index is -3.96. The summed E-state index contributed by atoms with van der Waals surface area (Å²) in [5.41, 5.74) is 0. The second-order valence-electron chi connectivity index (χ2n) is 3.62. The van der Waals surface area contributed by atoms with Gasteiger partial charge in [0, 0.05) is 13.1 Å². The van der Waals surface area contributed by atoms with Crippen LogP contribution in [0.1, 0.15) is 12.8 Å². The lowest BCUT2D eigenvalue weighted by molar-refractivity contribution is 0.486. The highest BCUT2D eigenvalue weighted by Gasteiger charge is 2.13. The molecule has 88 valence electrons. The Hall–Kier alpha value is -1.34. The Kier molecular flexibility index (Phi) is 2.97. The van der Waals surface area contributed by atoms with E-state index in [2.05, 4.69) is 14.1 Å². The summed E-state index contributed by atoms with van der Waals surface area (Å²) < 4.78 is 25.8. The summed E-state index contributed by atoms with van der Waals surface area (Å²) in [4.78, 5) is 6.27. The first-order chi connectivity index (χ1) is 7.54. The molecule has 7 heteroatoms. The van der Waals surface area contributed by atoms with Gasteiger partial charge in [-0.05, 0) is 25.0 Å². The molecule has 1 aliphatic rings. The first-order valence-corrected chi connectivity index (χ1v) is 6.45. The minimum Gasteiger partial charge on any atom is -0.369 e. The molecule has 2 heterocycles. The number of nitrogens with two attached hydrogens (primary N) is 1. The summed E-state index contributed by atoms with van der Waals surface area (Å²) in [6, 6.07) is 3.27. The Balaban J connectivity index is 2.10. The van der Waals surface area contributed by atoms with Crippen molar-refractivity contribution in [2.24, 2.45) is 5.14 Å². The monoisotopic (exact) mass is 243 g/mol. The fourth-order valence-electron chi connectivity index (χ4n) is 1.69. The maximum absolute atomic E-state index is 10.7. The fourth-order valence-corrected chi connectivity index (χ4v) is 2.06. The average Bonchev–Trinajstić information content (AvgIpc) is 2.69. The number of anilines is 1. The maximum Gasteiger partial charge on any atom is 0.380 e. The van der Waals surface area contributed by atoms with Gasteiger partial charge in [-0.1, -0.05) is 0 Å². The van der Waals surface area contributed by atoms with Crippen LogP contribution in [0.3, 0.4) is 0 Å². The van der Waals surface area contributed by atoms with Gasteiger partial charge in [0.25, 0.3) is 0 Å². The van der Waals surface area contributed by atoms with E-state index in [0.29, 0.717) is 0 Å². The van der Waals surface area contributed by atoms with Crippen LogP contribution in [0.15, 0.2) is 18.3 Å². The Morgan fingerprint density at radius 1 is 1.31 bits per heavy atom. The van der Waals surface area contributed by atoms with Crippen molar-refractivity contribution in [3.8, 4) is 5.75 Å². The van der Waals surface area contributed by atoms with Gasteiger partial charge in [-0.25, -0.2) is 4.98 Å². The van der Waals surface area contributed by atoms with Crippen LogP contribution < -0.4 is 14.2 Å². The lowest BCUT2D eigenvalue weighted by Gasteiger charge is -2.15. The third-order valence-electron chi connectivity index (χ3n) is 2.36. The first-order valence-electron chi connectivity index (χ1n) is 4.98. The topological polar surface area (TPSA) is 85.5 Å². The molecule has 0 atom stereocenters. The molecule has 1 aliphatic heterocycles. The molecule has 1 aromatic heterocycles. The number of hydrogen-bond donors (Lipinski definition) is 1. The van der Waals surface area contributed by atoms with Crippen LogP contribution in [0.2, 0.25) is 0 Å². The fraction of sp³-hybridized carbons (Fsp3) is 0.444. The Bertz CT molecular complexity index is 451. The largest absolute Gasteiger partial charge is 0.380 e. The summed E-state index contributed by atoms with van der Waals surface area (Å²) >= 11 is 0. The van der Waals surface area contributed by atoms with Gasteiger partial charge < -0.3 is 9.08 Å². The zero-order chi connectivity index (χ0) is 11.6. The van der Waals surface area contributed by atoms with Crippen LogP contribution in [0.25, 0.3) is 0 Å². The highest BCUT2D eigenvalue weighted by atomic mass is 32.2. The van der Waals surface area contributed by atoms with Crippen molar-refractivity contribution >= 4 is 16.1 Å². The molecule has 0 aliphatic carbocycles. The summed E-state index contributed by atoms with van der Waals surface area (Å²) in [5, 5.41) is 4.74. The first kappa shape index (κ1) is 11.2.